The molecule has 0 N–H and O–H groups in total. The highest BCUT2D eigenvalue weighted by molar-refractivity contribution is 5.71. The molecule has 0 radical (unpaired) electrons. The summed E-state index contributed by atoms with van der Waals surface area (Å²) < 4.78 is 12.0. The Kier molecular flexibility index (Phi) is 4.25. The molecule has 4 nitrogen and oxygen atoms in total. The van der Waals surface area contributed by atoms with E-state index < -0.39 is 5.60 Å². The van der Waals surface area contributed by atoms with Crippen molar-refractivity contribution in [3.8, 4) is 0 Å². The zero-order valence-electron chi connectivity index (χ0n) is 15.8. The molecule has 1 spiro atoms. The van der Waals surface area contributed by atoms with E-state index in [4.69, 9.17) is 9.47 Å². The Labute approximate surface area is 145 Å². The lowest BCUT2D eigenvalue weighted by atomic mass is 9.43. The van der Waals surface area contributed by atoms with Gasteiger partial charge in [0.2, 0.25) is 0 Å². The molecule has 136 valence electrons. The molecule has 24 heavy (non-hydrogen) atoms. The van der Waals surface area contributed by atoms with E-state index in [0.29, 0.717) is 6.42 Å². The van der Waals surface area contributed by atoms with Crippen LogP contribution in [0.25, 0.3) is 0 Å². The van der Waals surface area contributed by atoms with Crippen LogP contribution in [-0.4, -0.2) is 23.6 Å². The second-order valence-corrected chi connectivity index (χ2v) is 9.24. The summed E-state index contributed by atoms with van der Waals surface area (Å²) in [5.74, 6) is 0.181. The molecule has 0 unspecified atom stereocenters. The molecule has 1 heterocycles. The van der Waals surface area contributed by atoms with Crippen LogP contribution in [0.3, 0.4) is 0 Å². The smallest absolute Gasteiger partial charge is 0.306 e. The van der Waals surface area contributed by atoms with Crippen LogP contribution in [0.4, 0.5) is 0 Å². The van der Waals surface area contributed by atoms with Gasteiger partial charge in [0.1, 0.15) is 11.7 Å². The maximum Gasteiger partial charge on any atom is 0.306 e. The third kappa shape index (κ3) is 2.48. The molecule has 0 amide bonds. The quantitative estimate of drug-likeness (QED) is 0.672. The lowest BCUT2D eigenvalue weighted by Gasteiger charge is -2.66. The second-order valence-electron chi connectivity index (χ2n) is 9.24. The van der Waals surface area contributed by atoms with E-state index in [1.807, 2.05) is 0 Å². The van der Waals surface area contributed by atoms with E-state index >= 15 is 0 Å². The lowest BCUT2D eigenvalue weighted by molar-refractivity contribution is -0.267. The molecular weight excluding hydrogens is 304 g/mol. The number of carbonyl (C=O) groups is 2. The zero-order valence-corrected chi connectivity index (χ0v) is 15.8. The number of hydrogen-bond donors (Lipinski definition) is 0. The number of ether oxygens (including phenoxy) is 2. The van der Waals surface area contributed by atoms with Crippen LogP contribution in [-0.2, 0) is 19.1 Å². The van der Waals surface area contributed by atoms with Crippen molar-refractivity contribution in [2.24, 2.45) is 22.7 Å². The summed E-state index contributed by atoms with van der Waals surface area (Å²) in [5, 5.41) is 0. The maximum absolute atomic E-state index is 12.2. The Morgan fingerprint density at radius 3 is 2.50 bits per heavy atom. The molecule has 2 aliphatic carbocycles. The Balaban J connectivity index is 2.08. The molecule has 1 saturated heterocycles. The van der Waals surface area contributed by atoms with Gasteiger partial charge in [-0.2, -0.15) is 0 Å². The number of carbonyl (C=O) groups excluding carboxylic acids is 2. The van der Waals surface area contributed by atoms with Crippen LogP contribution in [0.1, 0.15) is 79.6 Å². The predicted molar refractivity (Wildman–Crippen MR) is 91.2 cm³/mol. The summed E-state index contributed by atoms with van der Waals surface area (Å²) in [6.45, 7) is 10.6. The molecule has 0 aromatic carbocycles. The first-order valence-corrected chi connectivity index (χ1v) is 9.51. The molecule has 3 aliphatic rings. The fourth-order valence-corrected chi connectivity index (χ4v) is 6.59. The summed E-state index contributed by atoms with van der Waals surface area (Å²) in [4.78, 5) is 23.9. The molecule has 0 bridgehead atoms. The van der Waals surface area contributed by atoms with Gasteiger partial charge in [-0.3, -0.25) is 9.59 Å². The summed E-state index contributed by atoms with van der Waals surface area (Å²) in [6.07, 6.45) is 6.39. The van der Waals surface area contributed by atoms with E-state index in [2.05, 4.69) is 27.7 Å². The molecule has 5 atom stereocenters. The third-order valence-electron chi connectivity index (χ3n) is 7.31. The van der Waals surface area contributed by atoms with Crippen LogP contribution < -0.4 is 0 Å². The van der Waals surface area contributed by atoms with E-state index in [1.54, 1.807) is 0 Å². The first kappa shape index (κ1) is 17.8. The predicted octanol–water partition coefficient (Wildman–Crippen LogP) is 4.26. The van der Waals surface area contributed by atoms with Gasteiger partial charge in [-0.15, -0.1) is 0 Å². The SMILES string of the molecule is CC(=O)O[C@H]1C[C@H](C)[C@@]2(CCCC(=O)O2)[C@]2(C)CCCC(C)(C)[C@@H]12. The van der Waals surface area contributed by atoms with Crippen molar-refractivity contribution < 1.29 is 19.1 Å². The highest BCUT2D eigenvalue weighted by Gasteiger charge is 2.67. The van der Waals surface area contributed by atoms with Gasteiger partial charge in [-0.25, -0.2) is 0 Å². The molecule has 1 aliphatic heterocycles. The average Bonchev–Trinajstić information content (AvgIpc) is 2.43. The molecule has 3 fully saturated rings. The van der Waals surface area contributed by atoms with Crippen molar-refractivity contribution in [2.75, 3.05) is 0 Å². The standard InChI is InChI=1S/C20H32O4/c1-13-12-15(23-14(2)21)17-18(3,4)9-7-10-19(17,5)20(13)11-6-8-16(22)24-20/h13,15,17H,6-12H2,1-5H3/t13-,15-,17+,19+,20-/m0/s1. The highest BCUT2D eigenvalue weighted by Crippen LogP contribution is 2.66. The fraction of sp³-hybridized carbons (Fsp3) is 0.900. The van der Waals surface area contributed by atoms with Gasteiger partial charge in [-0.1, -0.05) is 34.1 Å². The monoisotopic (exact) mass is 336 g/mol. The minimum Gasteiger partial charge on any atom is -0.462 e. The zero-order chi connectivity index (χ0) is 17.8. The number of hydrogen-bond acceptors (Lipinski definition) is 4. The van der Waals surface area contributed by atoms with Crippen molar-refractivity contribution in [3.05, 3.63) is 0 Å². The Morgan fingerprint density at radius 2 is 1.88 bits per heavy atom. The van der Waals surface area contributed by atoms with Crippen molar-refractivity contribution in [3.63, 3.8) is 0 Å². The lowest BCUT2D eigenvalue weighted by Crippen LogP contribution is -2.68. The third-order valence-corrected chi connectivity index (χ3v) is 7.31. The van der Waals surface area contributed by atoms with Crippen molar-refractivity contribution in [2.45, 2.75) is 91.3 Å². The van der Waals surface area contributed by atoms with Crippen LogP contribution in [0, 0.1) is 22.7 Å². The number of fused-ring (bicyclic) bond motifs is 2. The van der Waals surface area contributed by atoms with Crippen LogP contribution in [0.2, 0.25) is 0 Å². The minimum atomic E-state index is -0.401. The molecule has 0 aromatic rings. The van der Waals surface area contributed by atoms with Gasteiger partial charge in [0.25, 0.3) is 0 Å². The van der Waals surface area contributed by atoms with E-state index in [9.17, 15) is 9.59 Å². The Hall–Kier alpha value is -1.06. The first-order valence-electron chi connectivity index (χ1n) is 9.51. The normalized spacial score (nSPS) is 44.5. The van der Waals surface area contributed by atoms with Gasteiger partial charge in [-0.05, 0) is 37.5 Å². The minimum absolute atomic E-state index is 0.0533. The second kappa shape index (κ2) is 5.74. The average molecular weight is 336 g/mol. The van der Waals surface area contributed by atoms with Crippen LogP contribution >= 0.6 is 0 Å². The van der Waals surface area contributed by atoms with Crippen molar-refractivity contribution in [1.29, 1.82) is 0 Å². The maximum atomic E-state index is 12.2. The fourth-order valence-electron chi connectivity index (χ4n) is 6.59. The van der Waals surface area contributed by atoms with Gasteiger partial charge in [0.15, 0.2) is 0 Å². The van der Waals surface area contributed by atoms with Crippen molar-refractivity contribution >= 4 is 11.9 Å². The molecule has 2 saturated carbocycles. The van der Waals surface area contributed by atoms with Gasteiger partial charge < -0.3 is 9.47 Å². The van der Waals surface area contributed by atoms with Gasteiger partial charge in [0.05, 0.1) is 0 Å². The van der Waals surface area contributed by atoms with E-state index in [-0.39, 0.29) is 40.7 Å². The van der Waals surface area contributed by atoms with Crippen molar-refractivity contribution in [1.82, 2.24) is 0 Å². The summed E-state index contributed by atoms with van der Waals surface area (Å²) >= 11 is 0. The Morgan fingerprint density at radius 1 is 1.17 bits per heavy atom. The summed E-state index contributed by atoms with van der Waals surface area (Å²) in [7, 11) is 0. The molecule has 0 aromatic heterocycles. The molecule has 3 rings (SSSR count). The molecule has 4 heteroatoms. The van der Waals surface area contributed by atoms with Gasteiger partial charge >= 0.3 is 11.9 Å². The van der Waals surface area contributed by atoms with Gasteiger partial charge in [0, 0.05) is 30.6 Å². The van der Waals surface area contributed by atoms with Crippen LogP contribution in [0.5, 0.6) is 0 Å². The Bertz CT molecular complexity index is 540. The number of rotatable bonds is 1. The highest BCUT2D eigenvalue weighted by atomic mass is 16.6. The largest absolute Gasteiger partial charge is 0.462 e. The topological polar surface area (TPSA) is 52.6 Å². The van der Waals surface area contributed by atoms with E-state index in [0.717, 1.165) is 38.5 Å². The summed E-state index contributed by atoms with van der Waals surface area (Å²) in [5.41, 5.74) is -0.464. The van der Waals surface area contributed by atoms with E-state index in [1.165, 1.54) is 6.92 Å². The molecular formula is C20H32O4. The summed E-state index contributed by atoms with van der Waals surface area (Å²) in [6, 6.07) is 0. The number of esters is 2. The first-order chi connectivity index (χ1) is 11.1. The van der Waals surface area contributed by atoms with Crippen LogP contribution in [0.15, 0.2) is 0 Å².